The maximum Gasteiger partial charge on any atom is 0.254 e. The standard InChI is InChI=1S/C17H20N2O/c18-12-13-8-10-19(11-9-13)17(20)16-7-3-5-14-4-1-2-6-15(14)16/h1-7,13H,8-12,18H2. The van der Waals surface area contributed by atoms with E-state index in [1.165, 1.54) is 0 Å². The lowest BCUT2D eigenvalue weighted by atomic mass is 9.96. The number of hydrogen-bond donors (Lipinski definition) is 1. The molecule has 3 heteroatoms. The fourth-order valence-electron chi connectivity index (χ4n) is 2.95. The van der Waals surface area contributed by atoms with Gasteiger partial charge >= 0.3 is 0 Å². The van der Waals surface area contributed by atoms with Crippen LogP contribution in [0.15, 0.2) is 42.5 Å². The van der Waals surface area contributed by atoms with Crippen molar-refractivity contribution in [1.82, 2.24) is 4.90 Å². The molecule has 3 rings (SSSR count). The van der Waals surface area contributed by atoms with Crippen LogP contribution >= 0.6 is 0 Å². The van der Waals surface area contributed by atoms with Crippen molar-refractivity contribution in [2.75, 3.05) is 19.6 Å². The predicted molar refractivity (Wildman–Crippen MR) is 81.6 cm³/mol. The van der Waals surface area contributed by atoms with Crippen LogP contribution in [0, 0.1) is 5.92 Å². The van der Waals surface area contributed by atoms with Gasteiger partial charge in [-0.15, -0.1) is 0 Å². The molecule has 3 nitrogen and oxygen atoms in total. The fourth-order valence-corrected chi connectivity index (χ4v) is 2.95. The van der Waals surface area contributed by atoms with E-state index < -0.39 is 0 Å². The largest absolute Gasteiger partial charge is 0.339 e. The summed E-state index contributed by atoms with van der Waals surface area (Å²) in [5.41, 5.74) is 6.52. The Morgan fingerprint density at radius 3 is 2.55 bits per heavy atom. The molecule has 0 radical (unpaired) electrons. The zero-order chi connectivity index (χ0) is 13.9. The van der Waals surface area contributed by atoms with E-state index >= 15 is 0 Å². The summed E-state index contributed by atoms with van der Waals surface area (Å²) in [4.78, 5) is 14.7. The van der Waals surface area contributed by atoms with Crippen LogP contribution in [0.1, 0.15) is 23.2 Å². The van der Waals surface area contributed by atoms with E-state index in [4.69, 9.17) is 5.73 Å². The van der Waals surface area contributed by atoms with E-state index in [0.29, 0.717) is 5.92 Å². The van der Waals surface area contributed by atoms with Crippen molar-refractivity contribution in [1.29, 1.82) is 0 Å². The molecule has 0 spiro atoms. The first-order valence-electron chi connectivity index (χ1n) is 7.26. The van der Waals surface area contributed by atoms with E-state index in [2.05, 4.69) is 0 Å². The zero-order valence-corrected chi connectivity index (χ0v) is 11.6. The van der Waals surface area contributed by atoms with Crippen LogP contribution in [0.5, 0.6) is 0 Å². The Labute approximate surface area is 119 Å². The highest BCUT2D eigenvalue weighted by Crippen LogP contribution is 2.23. The van der Waals surface area contributed by atoms with Gasteiger partial charge in [0, 0.05) is 18.7 Å². The van der Waals surface area contributed by atoms with Gasteiger partial charge in [0.05, 0.1) is 0 Å². The van der Waals surface area contributed by atoms with Crippen molar-refractivity contribution in [3.8, 4) is 0 Å². The van der Waals surface area contributed by atoms with Gasteiger partial charge in [-0.25, -0.2) is 0 Å². The quantitative estimate of drug-likeness (QED) is 0.910. The molecule has 0 saturated carbocycles. The molecule has 0 aromatic heterocycles. The van der Waals surface area contributed by atoms with E-state index in [1.54, 1.807) is 0 Å². The first-order valence-corrected chi connectivity index (χ1v) is 7.26. The molecule has 2 aromatic carbocycles. The lowest BCUT2D eigenvalue weighted by molar-refractivity contribution is 0.0695. The SMILES string of the molecule is NCC1CCN(C(=O)c2cccc3ccccc23)CC1. The second-order valence-corrected chi connectivity index (χ2v) is 5.50. The van der Waals surface area contributed by atoms with E-state index in [0.717, 1.165) is 48.8 Å². The number of benzene rings is 2. The molecule has 1 heterocycles. The van der Waals surface area contributed by atoms with Crippen LogP contribution in [0.2, 0.25) is 0 Å². The summed E-state index contributed by atoms with van der Waals surface area (Å²) < 4.78 is 0. The van der Waals surface area contributed by atoms with Crippen molar-refractivity contribution in [3.63, 3.8) is 0 Å². The van der Waals surface area contributed by atoms with Gasteiger partial charge in [0.2, 0.25) is 0 Å². The van der Waals surface area contributed by atoms with E-state index in [1.807, 2.05) is 47.4 Å². The number of likely N-dealkylation sites (tertiary alicyclic amines) is 1. The summed E-state index contributed by atoms with van der Waals surface area (Å²) in [5, 5.41) is 2.16. The lowest BCUT2D eigenvalue weighted by Gasteiger charge is -2.31. The molecule has 104 valence electrons. The molecule has 2 N–H and O–H groups in total. The number of hydrogen-bond acceptors (Lipinski definition) is 2. The molecular weight excluding hydrogens is 248 g/mol. The number of rotatable bonds is 2. The average Bonchev–Trinajstić information content (AvgIpc) is 2.54. The van der Waals surface area contributed by atoms with Crippen LogP contribution < -0.4 is 5.73 Å². The normalized spacial score (nSPS) is 16.6. The number of nitrogens with two attached hydrogens (primary N) is 1. The molecule has 0 aliphatic carbocycles. The van der Waals surface area contributed by atoms with Crippen LogP contribution in [0.3, 0.4) is 0 Å². The first kappa shape index (κ1) is 13.1. The Hall–Kier alpha value is -1.87. The third-order valence-corrected chi connectivity index (χ3v) is 4.26. The molecule has 1 aliphatic rings. The number of piperidine rings is 1. The molecule has 0 atom stereocenters. The minimum atomic E-state index is 0.150. The van der Waals surface area contributed by atoms with E-state index in [9.17, 15) is 4.79 Å². The van der Waals surface area contributed by atoms with Crippen LogP contribution in [0.4, 0.5) is 0 Å². The summed E-state index contributed by atoms with van der Waals surface area (Å²) in [6, 6.07) is 14.0. The number of nitrogens with zero attached hydrogens (tertiary/aromatic N) is 1. The molecule has 0 bridgehead atoms. The zero-order valence-electron chi connectivity index (χ0n) is 11.6. The van der Waals surface area contributed by atoms with Gasteiger partial charge in [0.1, 0.15) is 0 Å². The molecular formula is C17H20N2O. The second-order valence-electron chi connectivity index (χ2n) is 5.50. The molecule has 0 unspecified atom stereocenters. The summed E-state index contributed by atoms with van der Waals surface area (Å²) >= 11 is 0. The summed E-state index contributed by atoms with van der Waals surface area (Å²) in [6.07, 6.45) is 2.04. The van der Waals surface area contributed by atoms with Gasteiger partial charge in [0.25, 0.3) is 5.91 Å². The smallest absolute Gasteiger partial charge is 0.254 e. The van der Waals surface area contributed by atoms with Gasteiger partial charge in [0.15, 0.2) is 0 Å². The van der Waals surface area contributed by atoms with E-state index in [-0.39, 0.29) is 5.91 Å². The Kier molecular flexibility index (Phi) is 3.70. The monoisotopic (exact) mass is 268 g/mol. The summed E-state index contributed by atoms with van der Waals surface area (Å²) in [5.74, 6) is 0.726. The van der Waals surface area contributed by atoms with Crippen molar-refractivity contribution in [2.24, 2.45) is 11.7 Å². The molecule has 1 aliphatic heterocycles. The Bertz CT molecular complexity index is 610. The first-order chi connectivity index (χ1) is 9.79. The van der Waals surface area contributed by atoms with Gasteiger partial charge in [-0.05, 0) is 42.1 Å². The highest BCUT2D eigenvalue weighted by molar-refractivity contribution is 6.07. The van der Waals surface area contributed by atoms with Gasteiger partial charge in [-0.2, -0.15) is 0 Å². The highest BCUT2D eigenvalue weighted by atomic mass is 16.2. The lowest BCUT2D eigenvalue weighted by Crippen LogP contribution is -2.40. The Morgan fingerprint density at radius 1 is 1.10 bits per heavy atom. The van der Waals surface area contributed by atoms with Crippen molar-refractivity contribution in [2.45, 2.75) is 12.8 Å². The van der Waals surface area contributed by atoms with Gasteiger partial charge in [-0.3, -0.25) is 4.79 Å². The minimum absolute atomic E-state index is 0.150. The van der Waals surface area contributed by atoms with Crippen LogP contribution in [-0.2, 0) is 0 Å². The minimum Gasteiger partial charge on any atom is -0.339 e. The fraction of sp³-hybridized carbons (Fsp3) is 0.353. The van der Waals surface area contributed by atoms with Crippen molar-refractivity contribution >= 4 is 16.7 Å². The van der Waals surface area contributed by atoms with Crippen molar-refractivity contribution < 1.29 is 4.79 Å². The third kappa shape index (κ3) is 2.41. The van der Waals surface area contributed by atoms with Gasteiger partial charge in [-0.1, -0.05) is 36.4 Å². The third-order valence-electron chi connectivity index (χ3n) is 4.26. The summed E-state index contributed by atoms with van der Waals surface area (Å²) in [6.45, 7) is 2.38. The predicted octanol–water partition coefficient (Wildman–Crippen LogP) is 2.65. The van der Waals surface area contributed by atoms with Gasteiger partial charge < -0.3 is 10.6 Å². The summed E-state index contributed by atoms with van der Waals surface area (Å²) in [7, 11) is 0. The maximum atomic E-state index is 12.7. The maximum absolute atomic E-state index is 12.7. The molecule has 2 aromatic rings. The molecule has 1 fully saturated rings. The topological polar surface area (TPSA) is 46.3 Å². The molecule has 1 amide bonds. The Morgan fingerprint density at radius 2 is 1.80 bits per heavy atom. The van der Waals surface area contributed by atoms with Crippen LogP contribution in [-0.4, -0.2) is 30.4 Å². The average molecular weight is 268 g/mol. The number of carbonyl (C=O) groups excluding carboxylic acids is 1. The molecule has 20 heavy (non-hydrogen) atoms. The molecule has 1 saturated heterocycles. The Balaban J connectivity index is 1.86. The number of carbonyl (C=O) groups is 1. The number of fused-ring (bicyclic) bond motifs is 1. The van der Waals surface area contributed by atoms with Crippen LogP contribution in [0.25, 0.3) is 10.8 Å². The second kappa shape index (κ2) is 5.63. The number of amides is 1. The van der Waals surface area contributed by atoms with Crippen molar-refractivity contribution in [3.05, 3.63) is 48.0 Å². The highest BCUT2D eigenvalue weighted by Gasteiger charge is 2.23.